The number of aliphatic carboxylic acids is 1. The Bertz CT molecular complexity index is 220. The van der Waals surface area contributed by atoms with Crippen LogP contribution in [-0.4, -0.2) is 27.1 Å². The number of rotatable bonds is 5. The number of aliphatic hydroxyl groups is 2. The zero-order chi connectivity index (χ0) is 11.4. The molecule has 0 radical (unpaired) electrons. The molecule has 0 aliphatic rings. The number of hydrogen-bond acceptors (Lipinski definition) is 3. The van der Waals surface area contributed by atoms with Crippen molar-refractivity contribution in [1.29, 1.82) is 0 Å². The van der Waals surface area contributed by atoms with Crippen LogP contribution < -0.4 is 0 Å². The Morgan fingerprint density at radius 3 is 2.29 bits per heavy atom. The molecule has 14 heavy (non-hydrogen) atoms. The van der Waals surface area contributed by atoms with Crippen LogP contribution in [0.5, 0.6) is 0 Å². The second kappa shape index (κ2) is 5.12. The summed E-state index contributed by atoms with van der Waals surface area (Å²) in [6.45, 7) is 4.83. The van der Waals surface area contributed by atoms with Crippen LogP contribution in [0, 0.1) is 11.8 Å². The van der Waals surface area contributed by atoms with E-state index in [-0.39, 0.29) is 6.42 Å². The average Bonchev–Trinajstić information content (AvgIpc) is 2.03. The lowest BCUT2D eigenvalue weighted by Gasteiger charge is -2.26. The van der Waals surface area contributed by atoms with Crippen LogP contribution in [-0.2, 0) is 4.79 Å². The molecule has 4 heteroatoms. The van der Waals surface area contributed by atoms with E-state index < -0.39 is 23.6 Å². The van der Waals surface area contributed by atoms with E-state index in [1.165, 1.54) is 12.2 Å². The normalized spacial score (nSPS) is 16.9. The van der Waals surface area contributed by atoms with Crippen molar-refractivity contribution < 1.29 is 20.1 Å². The molecule has 0 bridgehead atoms. The van der Waals surface area contributed by atoms with E-state index in [4.69, 9.17) is 5.11 Å². The Morgan fingerprint density at radius 2 is 1.93 bits per heavy atom. The maximum atomic E-state index is 10.5. The van der Waals surface area contributed by atoms with Gasteiger partial charge in [-0.05, 0) is 19.4 Å². The molecule has 0 aromatic heterocycles. The number of carboxylic acids is 1. The largest absolute Gasteiger partial charge is 0.481 e. The highest BCUT2D eigenvalue weighted by molar-refractivity contribution is 5.69. The molecule has 0 spiro atoms. The molecule has 0 rings (SSSR count). The molecular formula is C10H18O4. The van der Waals surface area contributed by atoms with Crippen LogP contribution in [0.4, 0.5) is 0 Å². The van der Waals surface area contributed by atoms with Gasteiger partial charge in [-0.1, -0.05) is 19.9 Å². The maximum absolute atomic E-state index is 10.5. The lowest BCUT2D eigenvalue weighted by Crippen LogP contribution is -2.35. The van der Waals surface area contributed by atoms with E-state index in [1.54, 1.807) is 20.8 Å². The smallest absolute Gasteiger partial charge is 0.306 e. The minimum absolute atomic E-state index is 0.229. The predicted octanol–water partition coefficient (Wildman–Crippen LogP) is 0.990. The molecule has 82 valence electrons. The van der Waals surface area contributed by atoms with Crippen molar-refractivity contribution in [2.24, 2.45) is 11.8 Å². The summed E-state index contributed by atoms with van der Waals surface area (Å²) >= 11 is 0. The predicted molar refractivity (Wildman–Crippen MR) is 52.6 cm³/mol. The third-order valence-electron chi connectivity index (χ3n) is 2.27. The van der Waals surface area contributed by atoms with Gasteiger partial charge in [-0.2, -0.15) is 0 Å². The summed E-state index contributed by atoms with van der Waals surface area (Å²) in [5, 5.41) is 27.6. The van der Waals surface area contributed by atoms with Crippen LogP contribution in [0.3, 0.4) is 0 Å². The molecule has 4 nitrogen and oxygen atoms in total. The highest BCUT2D eigenvalue weighted by Crippen LogP contribution is 2.23. The van der Waals surface area contributed by atoms with Crippen molar-refractivity contribution in [2.45, 2.75) is 33.0 Å². The quantitative estimate of drug-likeness (QED) is 0.459. The number of carboxylic acid groups (broad SMARTS) is 1. The van der Waals surface area contributed by atoms with Crippen molar-refractivity contribution in [3.8, 4) is 0 Å². The Morgan fingerprint density at radius 1 is 1.43 bits per heavy atom. The molecule has 0 amide bonds. The van der Waals surface area contributed by atoms with Gasteiger partial charge >= 0.3 is 5.97 Å². The molecule has 0 saturated heterocycles. The molecule has 0 aliphatic heterocycles. The SMILES string of the molecule is CC=CC(O)(O)C(C)CC(C)C(=O)O. The van der Waals surface area contributed by atoms with E-state index in [9.17, 15) is 15.0 Å². The van der Waals surface area contributed by atoms with Crippen molar-refractivity contribution >= 4 is 5.97 Å². The molecule has 3 N–H and O–H groups in total. The Labute approximate surface area is 83.9 Å². The summed E-state index contributed by atoms with van der Waals surface area (Å²) in [6.07, 6.45) is 3.01. The first-order chi connectivity index (χ1) is 6.31. The molecule has 0 aromatic carbocycles. The van der Waals surface area contributed by atoms with Gasteiger partial charge < -0.3 is 15.3 Å². The van der Waals surface area contributed by atoms with Gasteiger partial charge in [0.25, 0.3) is 0 Å². The molecule has 0 aliphatic carbocycles. The van der Waals surface area contributed by atoms with E-state index in [2.05, 4.69) is 0 Å². The standard InChI is InChI=1S/C10H18O4/c1-4-5-10(13,14)8(3)6-7(2)9(11)12/h4-5,7-8,13-14H,6H2,1-3H3,(H,11,12). The van der Waals surface area contributed by atoms with Crippen LogP contribution in [0.25, 0.3) is 0 Å². The first-order valence-electron chi connectivity index (χ1n) is 4.62. The summed E-state index contributed by atoms with van der Waals surface area (Å²) in [6, 6.07) is 0. The van der Waals surface area contributed by atoms with Crippen molar-refractivity contribution in [1.82, 2.24) is 0 Å². The van der Waals surface area contributed by atoms with Crippen molar-refractivity contribution in [3.05, 3.63) is 12.2 Å². The lowest BCUT2D eigenvalue weighted by atomic mass is 9.90. The minimum atomic E-state index is -1.92. The maximum Gasteiger partial charge on any atom is 0.306 e. The van der Waals surface area contributed by atoms with Gasteiger partial charge in [0, 0.05) is 5.92 Å². The molecule has 0 saturated carbocycles. The van der Waals surface area contributed by atoms with E-state index in [0.717, 1.165) is 0 Å². The Hall–Kier alpha value is -0.870. The van der Waals surface area contributed by atoms with Crippen molar-refractivity contribution in [3.63, 3.8) is 0 Å². The molecule has 2 unspecified atom stereocenters. The van der Waals surface area contributed by atoms with Gasteiger partial charge in [0.15, 0.2) is 5.79 Å². The minimum Gasteiger partial charge on any atom is -0.481 e. The second-order valence-electron chi connectivity index (χ2n) is 3.66. The van der Waals surface area contributed by atoms with Gasteiger partial charge in [0.05, 0.1) is 5.92 Å². The topological polar surface area (TPSA) is 77.8 Å². The van der Waals surface area contributed by atoms with Crippen LogP contribution in [0.15, 0.2) is 12.2 Å². The van der Waals surface area contributed by atoms with Gasteiger partial charge in [0.2, 0.25) is 0 Å². The molecule has 0 aromatic rings. The molecule has 2 atom stereocenters. The van der Waals surface area contributed by atoms with Crippen molar-refractivity contribution in [2.75, 3.05) is 0 Å². The van der Waals surface area contributed by atoms with E-state index >= 15 is 0 Å². The summed E-state index contributed by atoms with van der Waals surface area (Å²) in [5.74, 6) is -3.93. The Balaban J connectivity index is 4.33. The zero-order valence-electron chi connectivity index (χ0n) is 8.77. The van der Waals surface area contributed by atoms with Gasteiger partial charge in [-0.25, -0.2) is 0 Å². The summed E-state index contributed by atoms with van der Waals surface area (Å²) in [7, 11) is 0. The summed E-state index contributed by atoms with van der Waals surface area (Å²) < 4.78 is 0. The van der Waals surface area contributed by atoms with Gasteiger partial charge in [-0.15, -0.1) is 0 Å². The third kappa shape index (κ3) is 3.89. The molecule has 0 fully saturated rings. The highest BCUT2D eigenvalue weighted by atomic mass is 16.5. The first-order valence-corrected chi connectivity index (χ1v) is 4.62. The summed E-state index contributed by atoms with van der Waals surface area (Å²) in [5.41, 5.74) is 0. The third-order valence-corrected chi connectivity index (χ3v) is 2.27. The van der Waals surface area contributed by atoms with E-state index in [1.807, 2.05) is 0 Å². The van der Waals surface area contributed by atoms with Crippen LogP contribution >= 0.6 is 0 Å². The average molecular weight is 202 g/mol. The highest BCUT2D eigenvalue weighted by Gasteiger charge is 2.30. The fraction of sp³-hybridized carbons (Fsp3) is 0.700. The second-order valence-corrected chi connectivity index (χ2v) is 3.66. The lowest BCUT2D eigenvalue weighted by molar-refractivity contribution is -0.163. The Kier molecular flexibility index (Phi) is 4.80. The monoisotopic (exact) mass is 202 g/mol. The van der Waals surface area contributed by atoms with Crippen LogP contribution in [0.1, 0.15) is 27.2 Å². The molecular weight excluding hydrogens is 184 g/mol. The fourth-order valence-corrected chi connectivity index (χ4v) is 1.21. The van der Waals surface area contributed by atoms with Gasteiger partial charge in [-0.3, -0.25) is 4.79 Å². The first kappa shape index (κ1) is 13.1. The fourth-order valence-electron chi connectivity index (χ4n) is 1.21. The van der Waals surface area contributed by atoms with Crippen LogP contribution in [0.2, 0.25) is 0 Å². The molecule has 0 heterocycles. The number of allylic oxidation sites excluding steroid dienone is 1. The number of carbonyl (C=O) groups is 1. The summed E-state index contributed by atoms with van der Waals surface area (Å²) in [4.78, 5) is 10.5. The number of hydrogen-bond donors (Lipinski definition) is 3. The van der Waals surface area contributed by atoms with E-state index in [0.29, 0.717) is 0 Å². The zero-order valence-corrected chi connectivity index (χ0v) is 8.77. The van der Waals surface area contributed by atoms with Gasteiger partial charge in [0.1, 0.15) is 0 Å².